The van der Waals surface area contributed by atoms with Crippen LogP contribution in [0.15, 0.2) is 42.5 Å². The molecule has 3 aromatic carbocycles. The summed E-state index contributed by atoms with van der Waals surface area (Å²) in [6.07, 6.45) is 0.443. The molecule has 3 atom stereocenters. The van der Waals surface area contributed by atoms with Crippen LogP contribution in [-0.2, 0) is 31.6 Å². The van der Waals surface area contributed by atoms with E-state index in [0.29, 0.717) is 34.0 Å². The van der Waals surface area contributed by atoms with E-state index < -0.39 is 48.9 Å². The second kappa shape index (κ2) is 13.8. The number of hydrogen-bond acceptors (Lipinski definition) is 9. The molecule has 18 heteroatoms. The number of likely N-dealkylation sites (N-methyl/N-ethyl adjacent to an activating group) is 1. The molecule has 0 saturated carbocycles. The first-order valence-electron chi connectivity index (χ1n) is 14.2. The smallest absolute Gasteiger partial charge is 0.469 e. The fraction of sp³-hybridized carbons (Fsp3) is 0.393. The first-order chi connectivity index (χ1) is 21.8. The average Bonchev–Trinajstić information content (AvgIpc) is 3.59. The Balaban J connectivity index is 1.44. The number of hydrogen-bond donors (Lipinski definition) is 4. The largest absolute Gasteiger partial charge is 0.492 e. The van der Waals surface area contributed by atoms with Crippen molar-refractivity contribution in [3.8, 4) is 5.75 Å². The molecule has 0 fully saturated rings. The quantitative estimate of drug-likeness (QED) is 0.0669. The van der Waals surface area contributed by atoms with Gasteiger partial charge in [0.15, 0.2) is 0 Å². The van der Waals surface area contributed by atoms with Crippen molar-refractivity contribution in [1.82, 2.24) is 4.90 Å². The molecule has 0 radical (unpaired) electrons. The molecule has 3 unspecified atom stereocenters. The van der Waals surface area contributed by atoms with Gasteiger partial charge in [-0.25, -0.2) is 8.77 Å². The Kier molecular flexibility index (Phi) is 10.2. The van der Waals surface area contributed by atoms with Crippen LogP contribution in [0.5, 0.6) is 5.75 Å². The lowest BCUT2D eigenvalue weighted by Crippen LogP contribution is -2.41. The van der Waals surface area contributed by atoms with Gasteiger partial charge >= 0.3 is 13.5 Å². The maximum absolute atomic E-state index is 13.9. The molecule has 46 heavy (non-hydrogen) atoms. The van der Waals surface area contributed by atoms with E-state index >= 15 is 0 Å². The minimum atomic E-state index is -4.88. The summed E-state index contributed by atoms with van der Waals surface area (Å²) in [5.41, 5.74) is 2.25. The molecule has 2 aliphatic rings. The van der Waals surface area contributed by atoms with Crippen molar-refractivity contribution in [2.75, 3.05) is 67.3 Å². The summed E-state index contributed by atoms with van der Waals surface area (Å²) in [5, 5.41) is 16.2. The monoisotopic (exact) mass is 697 g/mol. The number of carbonyl (C=O) groups excluding carboxylic acids is 1. The number of benzene rings is 3. The zero-order chi connectivity index (χ0) is 33.3. The van der Waals surface area contributed by atoms with E-state index in [1.54, 1.807) is 17.0 Å². The molecule has 248 valence electrons. The molecule has 5 rings (SSSR count). The number of phosphoric acid groups is 1. The van der Waals surface area contributed by atoms with Gasteiger partial charge < -0.3 is 29.6 Å². The van der Waals surface area contributed by atoms with Gasteiger partial charge in [0.05, 0.1) is 23.5 Å². The van der Waals surface area contributed by atoms with Gasteiger partial charge in [-0.3, -0.25) is 28.3 Å². The number of phosphoric ester groups is 1. The third-order valence-electron chi connectivity index (χ3n) is 7.85. The summed E-state index contributed by atoms with van der Waals surface area (Å²) in [7, 11) is -0.954. The van der Waals surface area contributed by atoms with E-state index in [4.69, 9.17) is 26.1 Å². The first kappa shape index (κ1) is 34.0. The summed E-state index contributed by atoms with van der Waals surface area (Å²) >= 11 is 3.58. The van der Waals surface area contributed by atoms with E-state index in [2.05, 4.69) is 9.84 Å². The molecule has 0 aliphatic carbocycles. The van der Waals surface area contributed by atoms with Crippen LogP contribution in [0.2, 0.25) is 0 Å². The summed E-state index contributed by atoms with van der Waals surface area (Å²) < 4.78 is 44.1. The summed E-state index contributed by atoms with van der Waals surface area (Å²) in [4.78, 5) is 47.1. The minimum absolute atomic E-state index is 0.129. The maximum Gasteiger partial charge on any atom is 0.469 e. The zero-order valence-corrected chi connectivity index (χ0v) is 27.3. The zero-order valence-electron chi connectivity index (χ0n) is 24.9. The fourth-order valence-corrected chi connectivity index (χ4v) is 6.95. The minimum Gasteiger partial charge on any atom is -0.492 e. The van der Waals surface area contributed by atoms with Crippen molar-refractivity contribution in [2.45, 2.75) is 18.4 Å². The van der Waals surface area contributed by atoms with E-state index in [1.165, 1.54) is 12.1 Å². The molecule has 0 spiro atoms. The molecule has 0 aromatic heterocycles. The van der Waals surface area contributed by atoms with Gasteiger partial charge in [-0.05, 0) is 67.0 Å². The van der Waals surface area contributed by atoms with Crippen LogP contribution in [0.25, 0.3) is 10.8 Å². The summed E-state index contributed by atoms with van der Waals surface area (Å²) in [6.45, 7) is 0.343. The number of carbonyl (C=O) groups is 1. The molecule has 0 bridgehead atoms. The van der Waals surface area contributed by atoms with E-state index in [-0.39, 0.29) is 35.3 Å². The molecule has 4 N–H and O–H groups in total. The van der Waals surface area contributed by atoms with Gasteiger partial charge in [0.2, 0.25) is 5.91 Å². The van der Waals surface area contributed by atoms with Crippen LogP contribution in [0.4, 0.5) is 22.7 Å². The lowest BCUT2D eigenvalue weighted by atomic mass is 9.94. The molecular weight excluding hydrogens is 665 g/mol. The predicted octanol–water partition coefficient (Wildman–Crippen LogP) is 3.45. The molecular formula is C28H33ClN5O10PS. The van der Waals surface area contributed by atoms with Gasteiger partial charge in [0, 0.05) is 42.7 Å². The number of anilines is 3. The number of nitrogens with zero attached hydrogens (tertiary/aromatic N) is 4. The fourth-order valence-electron chi connectivity index (χ4n) is 5.83. The van der Waals surface area contributed by atoms with Gasteiger partial charge in [-0.15, -0.1) is 11.6 Å². The van der Waals surface area contributed by atoms with Crippen molar-refractivity contribution in [1.29, 1.82) is 0 Å². The Hall–Kier alpha value is -3.34. The van der Waals surface area contributed by atoms with Gasteiger partial charge in [-0.2, -0.15) is 0 Å². The molecule has 3 aromatic rings. The SMILES string of the molecule is CN(C)CCOc1ccc2c(c1)CC(C(=O)N1CC(CCl)c3c1ccc1c([N+](=O)[O-])c(N(CCOP(=O)(O)O)S(=O)O)ccc31)N2. The van der Waals surface area contributed by atoms with Crippen LogP contribution in [-0.4, -0.2) is 93.1 Å². The molecule has 15 nitrogen and oxygen atoms in total. The van der Waals surface area contributed by atoms with Crippen molar-refractivity contribution in [2.24, 2.45) is 0 Å². The Morgan fingerprint density at radius 3 is 2.57 bits per heavy atom. The normalized spacial score (nSPS) is 17.9. The van der Waals surface area contributed by atoms with Gasteiger partial charge in [0.25, 0.3) is 11.3 Å². The van der Waals surface area contributed by atoms with E-state index in [0.717, 1.165) is 23.5 Å². The maximum atomic E-state index is 13.9. The van der Waals surface area contributed by atoms with Crippen LogP contribution in [0.1, 0.15) is 17.0 Å². The second-order valence-electron chi connectivity index (χ2n) is 11.1. The Bertz CT molecular complexity index is 1740. The number of ether oxygens (including phenoxy) is 1. The number of fused-ring (bicyclic) bond motifs is 4. The highest BCUT2D eigenvalue weighted by Gasteiger charge is 2.39. The van der Waals surface area contributed by atoms with Crippen molar-refractivity contribution in [3.05, 3.63) is 63.7 Å². The third-order valence-corrected chi connectivity index (χ3v) is 9.50. The Labute approximate surface area is 271 Å². The van der Waals surface area contributed by atoms with Crippen LogP contribution >= 0.6 is 19.4 Å². The molecule has 2 heterocycles. The molecule has 1 amide bonds. The highest BCUT2D eigenvalue weighted by Crippen LogP contribution is 2.47. The van der Waals surface area contributed by atoms with Gasteiger partial charge in [0.1, 0.15) is 24.1 Å². The number of nitro benzene ring substituents is 1. The van der Waals surface area contributed by atoms with Crippen molar-refractivity contribution >= 4 is 70.1 Å². The third kappa shape index (κ3) is 7.14. The highest BCUT2D eigenvalue weighted by molar-refractivity contribution is 7.80. The predicted molar refractivity (Wildman–Crippen MR) is 174 cm³/mol. The van der Waals surface area contributed by atoms with Crippen LogP contribution in [0.3, 0.4) is 0 Å². The number of nitro groups is 1. The Morgan fingerprint density at radius 2 is 1.91 bits per heavy atom. The summed E-state index contributed by atoms with van der Waals surface area (Å²) in [5.74, 6) is 0.311. The molecule has 0 saturated heterocycles. The number of halogens is 1. The van der Waals surface area contributed by atoms with Crippen LogP contribution < -0.4 is 19.3 Å². The van der Waals surface area contributed by atoms with E-state index in [1.807, 2.05) is 37.2 Å². The van der Waals surface area contributed by atoms with Crippen LogP contribution in [0, 0.1) is 10.1 Å². The average molecular weight is 698 g/mol. The summed E-state index contributed by atoms with van der Waals surface area (Å²) in [6, 6.07) is 11.0. The standard InChI is InChI=1S/C28H33ClN5O10PS/c1-31(2)9-11-43-19-3-6-22-17(13-19)14-23(30-22)28(35)32-16-18(15-29)26-20-4-8-25(27(34(36)37)21(20)5-7-24(26)32)33(46(41)42)10-12-44-45(38,39)40/h3-8,13,18,23,30H,9-12,14-16H2,1-2H3,(H,41,42)(H2,38,39,40). The van der Waals surface area contributed by atoms with Gasteiger partial charge in [-0.1, -0.05) is 6.07 Å². The first-order valence-corrected chi connectivity index (χ1v) is 17.3. The Morgan fingerprint density at radius 1 is 1.17 bits per heavy atom. The second-order valence-corrected chi connectivity index (χ2v) is 13.6. The molecule has 2 aliphatic heterocycles. The van der Waals surface area contributed by atoms with Crippen molar-refractivity contribution < 1.29 is 42.1 Å². The number of amides is 1. The highest BCUT2D eigenvalue weighted by atomic mass is 35.5. The van der Waals surface area contributed by atoms with E-state index in [9.17, 15) is 28.2 Å². The number of nitrogens with one attached hydrogen (secondary N) is 1. The lowest BCUT2D eigenvalue weighted by molar-refractivity contribution is -0.382. The van der Waals surface area contributed by atoms with Crippen molar-refractivity contribution in [3.63, 3.8) is 0 Å². The lowest BCUT2D eigenvalue weighted by Gasteiger charge is -2.23. The number of rotatable bonds is 13. The number of alkyl halides is 1. The topological polar surface area (TPSA) is 195 Å².